The number of aromatic nitrogens is 3. The quantitative estimate of drug-likeness (QED) is 0.625. The molecule has 0 aliphatic heterocycles. The summed E-state index contributed by atoms with van der Waals surface area (Å²) in [5.74, 6) is 0. The van der Waals surface area contributed by atoms with Gasteiger partial charge in [-0.2, -0.15) is 4.39 Å². The lowest BCUT2D eigenvalue weighted by molar-refractivity contribution is -0.221. The lowest BCUT2D eigenvalue weighted by Crippen LogP contribution is -2.49. The van der Waals surface area contributed by atoms with E-state index in [4.69, 9.17) is 17.0 Å². The molecule has 0 saturated carbocycles. The van der Waals surface area contributed by atoms with E-state index in [0.29, 0.717) is 5.52 Å². The van der Waals surface area contributed by atoms with Crippen LogP contribution < -0.4 is 10.9 Å². The summed E-state index contributed by atoms with van der Waals surface area (Å²) in [5.41, 5.74) is -2.40. The van der Waals surface area contributed by atoms with Gasteiger partial charge >= 0.3 is 6.09 Å². The van der Waals surface area contributed by atoms with E-state index in [2.05, 4.69) is 14.7 Å². The Morgan fingerprint density at radius 2 is 2.15 bits per heavy atom. The third-order valence-electron chi connectivity index (χ3n) is 3.74. The largest absolute Gasteiger partial charge is 0.412 e. The molecule has 8 nitrogen and oxygen atoms in total. The van der Waals surface area contributed by atoms with Gasteiger partial charge in [-0.05, 0) is 25.2 Å². The Morgan fingerprint density at radius 3 is 2.77 bits per heavy atom. The number of fused-ring (bicyclic) bond motifs is 1. The number of hydrogen-bond donors (Lipinski definition) is 3. The highest BCUT2D eigenvalue weighted by Gasteiger charge is 2.47. The van der Waals surface area contributed by atoms with E-state index >= 15 is 0 Å². The molecule has 2 unspecified atom stereocenters. The Bertz CT molecular complexity index is 896. The van der Waals surface area contributed by atoms with Crippen LogP contribution >= 0.6 is 12.2 Å². The molecule has 0 aliphatic carbocycles. The predicted octanol–water partition coefficient (Wildman–Crippen LogP) is 2.08. The van der Waals surface area contributed by atoms with Gasteiger partial charge in [-0.15, -0.1) is 0 Å². The maximum atomic E-state index is 14.0. The number of carbonyl (C=O) groups excluding carboxylic acids is 1. The maximum absolute atomic E-state index is 14.0. The zero-order valence-electron chi connectivity index (χ0n) is 13.8. The number of aromatic amines is 2. The molecule has 0 saturated heterocycles. The van der Waals surface area contributed by atoms with Crippen LogP contribution in [0.15, 0.2) is 17.1 Å². The normalized spacial score (nSPS) is 15.0. The van der Waals surface area contributed by atoms with Crippen LogP contribution in [0.3, 0.4) is 0 Å². The van der Waals surface area contributed by atoms with E-state index in [-0.39, 0.29) is 23.4 Å². The Hall–Kier alpha value is -2.34. The van der Waals surface area contributed by atoms with Crippen molar-refractivity contribution in [2.45, 2.75) is 31.9 Å². The second-order valence-corrected chi connectivity index (χ2v) is 5.84. The molecule has 0 aromatic carbocycles. The second-order valence-electron chi connectivity index (χ2n) is 5.45. The molecule has 2 heterocycles. The minimum Gasteiger partial charge on any atom is -0.412 e. The fourth-order valence-corrected chi connectivity index (χ4v) is 2.46. The van der Waals surface area contributed by atoms with E-state index in [9.17, 15) is 22.8 Å². The third-order valence-corrected chi connectivity index (χ3v) is 4.06. The molecule has 2 rings (SSSR count). The molecule has 0 spiro atoms. The van der Waals surface area contributed by atoms with Crippen LogP contribution in [0, 0.1) is 4.77 Å². The first-order valence-corrected chi connectivity index (χ1v) is 7.86. The van der Waals surface area contributed by atoms with Crippen LogP contribution in [0.1, 0.15) is 6.92 Å². The van der Waals surface area contributed by atoms with Gasteiger partial charge in [0.1, 0.15) is 5.52 Å². The van der Waals surface area contributed by atoms with Crippen LogP contribution in [-0.2, 0) is 16.0 Å². The minimum atomic E-state index is -3.27. The van der Waals surface area contributed by atoms with Gasteiger partial charge in [-0.3, -0.25) is 9.78 Å². The third kappa shape index (κ3) is 3.90. The highest BCUT2D eigenvalue weighted by molar-refractivity contribution is 7.71. The number of carbonyl (C=O) groups is 1. The molecule has 0 fully saturated rings. The molecule has 0 bridgehead atoms. The molecular formula is C14H17F3N4O4S. The summed E-state index contributed by atoms with van der Waals surface area (Å²) >= 11 is 5.05. The molecule has 0 radical (unpaired) electrons. The van der Waals surface area contributed by atoms with Gasteiger partial charge in [-0.25, -0.2) is 13.6 Å². The smallest absolute Gasteiger partial charge is 0.409 e. The molecule has 2 atom stereocenters. The average molecular weight is 394 g/mol. The summed E-state index contributed by atoms with van der Waals surface area (Å²) in [6.45, 7) is 0.376. The van der Waals surface area contributed by atoms with Crippen molar-refractivity contribution in [3.8, 4) is 0 Å². The summed E-state index contributed by atoms with van der Waals surface area (Å²) in [6.07, 6.45) is -5.65. The van der Waals surface area contributed by atoms with Gasteiger partial charge in [0.25, 0.3) is 18.3 Å². The fraction of sp³-hybridized carbons (Fsp3) is 0.500. The predicted molar refractivity (Wildman–Crippen MR) is 88.5 cm³/mol. The van der Waals surface area contributed by atoms with Gasteiger partial charge in [0, 0.05) is 19.8 Å². The van der Waals surface area contributed by atoms with Crippen molar-refractivity contribution in [3.05, 3.63) is 27.4 Å². The van der Waals surface area contributed by atoms with Gasteiger partial charge in [0.15, 0.2) is 10.4 Å². The molecule has 3 N–H and O–H groups in total. The van der Waals surface area contributed by atoms with Gasteiger partial charge in [-0.1, -0.05) is 0 Å². The van der Waals surface area contributed by atoms with Crippen molar-refractivity contribution in [1.29, 1.82) is 0 Å². The number of halogens is 3. The van der Waals surface area contributed by atoms with Crippen molar-refractivity contribution in [1.82, 2.24) is 19.9 Å². The highest BCUT2D eigenvalue weighted by atomic mass is 32.1. The summed E-state index contributed by atoms with van der Waals surface area (Å²) in [5, 5.41) is 1.96. The Morgan fingerprint density at radius 1 is 1.46 bits per heavy atom. The highest BCUT2D eigenvalue weighted by Crippen LogP contribution is 2.28. The minimum absolute atomic E-state index is 0.0427. The van der Waals surface area contributed by atoms with Crippen LogP contribution in [0.25, 0.3) is 11.0 Å². The summed E-state index contributed by atoms with van der Waals surface area (Å²) in [7, 11) is 1.16. The molecule has 2 aromatic rings. The molecular weight excluding hydrogens is 377 g/mol. The van der Waals surface area contributed by atoms with Crippen molar-refractivity contribution in [2.75, 3.05) is 13.7 Å². The van der Waals surface area contributed by atoms with Crippen LogP contribution in [0.4, 0.5) is 18.0 Å². The van der Waals surface area contributed by atoms with Gasteiger partial charge in [0.05, 0.1) is 12.1 Å². The number of hydrogen-bond acceptors (Lipinski definition) is 5. The van der Waals surface area contributed by atoms with Crippen LogP contribution in [0.2, 0.25) is 0 Å². The fourth-order valence-electron chi connectivity index (χ4n) is 2.18. The zero-order valence-corrected chi connectivity index (χ0v) is 14.7. The first-order chi connectivity index (χ1) is 12.2. The first kappa shape index (κ1) is 20.0. The summed E-state index contributed by atoms with van der Waals surface area (Å²) in [4.78, 5) is 28.0. The number of alkyl halides is 3. The standard InChI is InChI=1S/C14H17F3N4O4S/c1-14(10(15)16,11(17)25-13(23)18-2)24-6-5-21-7-3-4-19-8(7)9(22)20-12(21)26/h3-4,10-11,19H,5-6H2,1-2H3,(H,18,23)(H,20,22,26). The topological polar surface area (TPSA) is 101 Å². The van der Waals surface area contributed by atoms with Crippen molar-refractivity contribution in [2.24, 2.45) is 0 Å². The SMILES string of the molecule is CNC(=O)OC(F)C(C)(OCCn1c(=S)[nH]c(=O)c2[nH]ccc21)C(F)F. The number of nitrogens with zero attached hydrogens (tertiary/aromatic N) is 1. The van der Waals surface area contributed by atoms with Crippen molar-refractivity contribution >= 4 is 29.3 Å². The molecule has 0 aliphatic rings. The summed E-state index contributed by atoms with van der Waals surface area (Å²) < 4.78 is 51.4. The maximum Gasteiger partial charge on any atom is 0.409 e. The van der Waals surface area contributed by atoms with Gasteiger partial charge in [0.2, 0.25) is 0 Å². The molecule has 144 valence electrons. The molecule has 12 heteroatoms. The number of H-pyrrole nitrogens is 2. The Balaban J connectivity index is 2.16. The van der Waals surface area contributed by atoms with Gasteiger partial charge < -0.3 is 24.3 Å². The van der Waals surface area contributed by atoms with Crippen LogP contribution in [0.5, 0.6) is 0 Å². The van der Waals surface area contributed by atoms with E-state index < -0.39 is 30.0 Å². The Labute approximate surface area is 150 Å². The summed E-state index contributed by atoms with van der Waals surface area (Å²) in [6, 6.07) is 1.58. The van der Waals surface area contributed by atoms with Crippen molar-refractivity contribution < 1.29 is 27.4 Å². The van der Waals surface area contributed by atoms with E-state index in [1.165, 1.54) is 10.8 Å². The first-order valence-electron chi connectivity index (χ1n) is 7.45. The molecule has 2 aromatic heterocycles. The zero-order chi connectivity index (χ0) is 19.5. The number of ether oxygens (including phenoxy) is 2. The molecule has 26 heavy (non-hydrogen) atoms. The van der Waals surface area contributed by atoms with Crippen molar-refractivity contribution in [3.63, 3.8) is 0 Å². The van der Waals surface area contributed by atoms with Crippen LogP contribution in [-0.4, -0.2) is 52.7 Å². The average Bonchev–Trinajstić information content (AvgIpc) is 3.07. The lowest BCUT2D eigenvalue weighted by atomic mass is 10.1. The number of alkyl carbamates (subject to hydrolysis) is 1. The lowest BCUT2D eigenvalue weighted by Gasteiger charge is -2.31. The van der Waals surface area contributed by atoms with E-state index in [0.717, 1.165) is 14.0 Å². The number of nitrogens with one attached hydrogen (secondary N) is 3. The monoisotopic (exact) mass is 394 g/mol. The van der Waals surface area contributed by atoms with E-state index in [1.54, 1.807) is 6.07 Å². The number of rotatable bonds is 7. The molecule has 1 amide bonds. The van der Waals surface area contributed by atoms with E-state index in [1.807, 2.05) is 5.32 Å². The number of amides is 1. The second kappa shape index (κ2) is 7.91. The Kier molecular flexibility index (Phi) is 6.08.